The van der Waals surface area contributed by atoms with Crippen LogP contribution in [-0.4, -0.2) is 259 Å². The molecule has 0 fully saturated rings. The van der Waals surface area contributed by atoms with Crippen LogP contribution in [0.1, 0.15) is 298 Å². The van der Waals surface area contributed by atoms with Crippen LogP contribution in [-0.2, 0) is 81.5 Å². The molecule has 0 heterocycles. The van der Waals surface area contributed by atoms with Crippen molar-refractivity contribution in [1.82, 2.24) is 85.1 Å². The van der Waals surface area contributed by atoms with Crippen molar-refractivity contribution in [1.29, 1.82) is 0 Å². The highest BCUT2D eigenvalue weighted by Gasteiger charge is 2.41. The van der Waals surface area contributed by atoms with Crippen LogP contribution in [0.25, 0.3) is 0 Å². The SMILES string of the molecule is CC(C)C[C@H](NC(=O)[C@H](CC(C)C)NC(=O)[C@@H](CCCCN)NC(=O)[C@H](CC(C)C)NC(=O)[C@H](CC(C)C)NC(=O)[C@H](CCCCN)NC(=O)[C@@H](CCCCN)NC(=O)[C@@H](CC(C)C)NC(=O)[C@H](CC(C)C)NC(=O)[C@H](CCCCN)NC(=O)[C@H](CCCCN)NC(=O)[C@H](CC(C)C)NC(=O)[C@@H](CC(C)C)NC(=O)[C@H](CCCCN)NC(=O)[C@H](CC(C)C)NC(=O)[C@@H](N)CS)C(=O)N[C@@H](CS)C(=O)O. The summed E-state index contributed by atoms with van der Waals surface area (Å²) in [5.41, 5.74) is 41.5. The third-order valence-electron chi connectivity index (χ3n) is 22.9. The predicted octanol–water partition coefficient (Wildman–Crippen LogP) is 1.20. The van der Waals surface area contributed by atoms with Crippen LogP contribution < -0.4 is 125 Å². The maximum absolute atomic E-state index is 15.0. The van der Waals surface area contributed by atoms with Gasteiger partial charge < -0.3 is 130 Å². The largest absolute Gasteiger partial charge is 0.480 e. The second-order valence-corrected chi connectivity index (χ2v) is 41.4. The second-order valence-electron chi connectivity index (χ2n) is 40.7. The molecule has 0 aliphatic heterocycles. The normalized spacial score (nSPS) is 15.3. The number of hydrogen-bond acceptors (Lipinski definition) is 26. The zero-order valence-electron chi connectivity index (χ0n) is 86.6. The number of unbranched alkanes of at least 4 members (excludes halogenated alkanes) is 6. The van der Waals surface area contributed by atoms with Crippen LogP contribution in [0.5, 0.6) is 0 Å². The summed E-state index contributed by atoms with van der Waals surface area (Å²) in [6.07, 6.45) is 5.53. The third-order valence-corrected chi connectivity index (χ3v) is 23.6. The monoisotopic (exact) mass is 2010 g/mol. The van der Waals surface area contributed by atoms with E-state index >= 15 is 0 Å². The Hall–Kier alpha value is -8.59. The number of carboxylic acid groups (broad SMARTS) is 1. The molecular formula is C96H183N23O18S2. The van der Waals surface area contributed by atoms with Crippen molar-refractivity contribution in [3.63, 3.8) is 0 Å². The first-order valence-corrected chi connectivity index (χ1v) is 51.9. The van der Waals surface area contributed by atoms with Gasteiger partial charge in [-0.2, -0.15) is 25.3 Å². The van der Waals surface area contributed by atoms with E-state index in [1.807, 2.05) is 125 Å². The Morgan fingerprint density at radius 2 is 0.302 bits per heavy atom. The number of rotatable bonds is 77. The topological polar surface area (TPSA) is 685 Å². The molecule has 17 atom stereocenters. The van der Waals surface area contributed by atoms with Crippen molar-refractivity contribution in [2.24, 2.45) is 93.4 Å². The molecular weight excluding hydrogens is 1830 g/mol. The average Bonchev–Trinajstić information content (AvgIpc) is 0.848. The maximum Gasteiger partial charge on any atom is 0.327 e. The predicted molar refractivity (Wildman–Crippen MR) is 547 cm³/mol. The van der Waals surface area contributed by atoms with Crippen molar-refractivity contribution in [3.8, 4) is 0 Å². The summed E-state index contributed by atoms with van der Waals surface area (Å²) < 4.78 is 0. The van der Waals surface area contributed by atoms with Crippen LogP contribution in [0.15, 0.2) is 0 Å². The molecule has 31 N–H and O–H groups in total. The van der Waals surface area contributed by atoms with Gasteiger partial charge >= 0.3 is 5.97 Å². The molecule has 0 saturated carbocycles. The molecule has 0 aromatic heterocycles. The van der Waals surface area contributed by atoms with E-state index in [0.717, 1.165) is 0 Å². The van der Waals surface area contributed by atoms with E-state index in [1.165, 1.54) is 0 Å². The number of carbonyl (C=O) groups is 17. The van der Waals surface area contributed by atoms with Gasteiger partial charge in [-0.25, -0.2) is 4.79 Å². The Morgan fingerprint density at radius 3 is 0.410 bits per heavy atom. The van der Waals surface area contributed by atoms with E-state index in [4.69, 9.17) is 40.1 Å². The summed E-state index contributed by atoms with van der Waals surface area (Å²) in [5.74, 6) is -15.3. The lowest BCUT2D eigenvalue weighted by molar-refractivity contribution is -0.141. The Balaban J connectivity index is 7.57. The Morgan fingerprint density at radius 1 is 0.187 bits per heavy atom. The minimum atomic E-state index is -1.35. The van der Waals surface area contributed by atoms with Crippen LogP contribution in [0.2, 0.25) is 0 Å². The Kier molecular flexibility index (Phi) is 68.1. The molecule has 0 unspecified atom stereocenters. The zero-order valence-corrected chi connectivity index (χ0v) is 88.4. The first kappa shape index (κ1) is 130. The summed E-state index contributed by atoms with van der Waals surface area (Å²) in [6.45, 7) is 34.2. The van der Waals surface area contributed by atoms with Gasteiger partial charge in [0.2, 0.25) is 94.5 Å². The zero-order chi connectivity index (χ0) is 106. The molecule has 0 radical (unpaired) electrons. The maximum atomic E-state index is 15.0. The Bertz CT molecular complexity index is 3700. The van der Waals surface area contributed by atoms with E-state index in [-0.39, 0.29) is 194 Å². The van der Waals surface area contributed by atoms with Gasteiger partial charge in [-0.05, 0) is 266 Å². The first-order chi connectivity index (χ1) is 65.4. The molecule has 43 heteroatoms. The van der Waals surface area contributed by atoms with Gasteiger partial charge in [0.1, 0.15) is 96.7 Å². The highest BCUT2D eigenvalue weighted by Crippen LogP contribution is 2.21. The molecule has 139 heavy (non-hydrogen) atoms. The highest BCUT2D eigenvalue weighted by atomic mass is 32.1. The van der Waals surface area contributed by atoms with Crippen LogP contribution >= 0.6 is 25.3 Å². The minimum absolute atomic E-state index is 0.000639. The summed E-state index contributed by atoms with van der Waals surface area (Å²) in [7, 11) is 0. The Labute approximate surface area is 837 Å². The molecule has 0 bridgehead atoms. The van der Waals surface area contributed by atoms with Gasteiger partial charge in [0.15, 0.2) is 0 Å². The molecule has 0 aliphatic rings. The number of nitrogens with two attached hydrogens (primary N) is 7. The first-order valence-electron chi connectivity index (χ1n) is 50.6. The molecule has 41 nitrogen and oxygen atoms in total. The van der Waals surface area contributed by atoms with Gasteiger partial charge in [-0.1, -0.05) is 125 Å². The van der Waals surface area contributed by atoms with Crippen molar-refractivity contribution in [2.45, 2.75) is 401 Å². The second kappa shape index (κ2) is 72.6. The van der Waals surface area contributed by atoms with E-state index in [2.05, 4.69) is 110 Å². The minimum Gasteiger partial charge on any atom is -0.480 e. The smallest absolute Gasteiger partial charge is 0.327 e. The average molecular weight is 2010 g/mol. The summed E-state index contributed by atoms with van der Waals surface area (Å²) in [4.78, 5) is 244. The van der Waals surface area contributed by atoms with Gasteiger partial charge in [0, 0.05) is 11.5 Å². The van der Waals surface area contributed by atoms with E-state index in [1.54, 1.807) is 0 Å². The summed E-state index contributed by atoms with van der Waals surface area (Å²) in [6, 6.07) is -21.5. The van der Waals surface area contributed by atoms with E-state index in [0.29, 0.717) is 83.6 Å². The molecule has 0 spiro atoms. The lowest BCUT2D eigenvalue weighted by Gasteiger charge is -2.30. The molecule has 0 rings (SSSR count). The lowest BCUT2D eigenvalue weighted by Crippen LogP contribution is -2.61. The van der Waals surface area contributed by atoms with Gasteiger partial charge in [-0.3, -0.25) is 76.7 Å². The number of amides is 16. The standard InChI is InChI=1S/C96H183N23O18S2/c1-54(2)43-70(110-80(120)63(103)52-138)87(127)108-68(35-23-29-41-101)85(125)113-76(49-60(13)14)93(133)116-72(45-56(5)6)89(129)107-65(32-20-26-38-98)82(122)104-66(33-21-27-39-99)83(123)111-74(47-58(9)10)91(131)115-71(44-55(3)4)88(128)106-64(31-19-25-37-97)81(121)105-67(34-22-28-40-100)84(124)112-75(48-59(11)12)92(132)117-73(46-57(7)8)90(130)109-69(36-24-30-42-102)86(126)114-77(50-61(15)16)94(134)118-78(51-62(17)18)95(135)119-79(53-139)96(136)137/h54-79,138-139H,19-53,97-103H2,1-18H3,(H,104,122)(H,105,121)(H,106,128)(H,107,129)(H,108,127)(H,109,130)(H,110,120)(H,111,123)(H,112,124)(H,113,125)(H,114,126)(H,115,131)(H,116,133)(H,117,132)(H,118,134)(H,119,135)(H,136,137)/t63-,64+,65-,66-,67-,68-,69+,70-,71+,72-,73-,74-,75-,76+,77-,78-,79-/m0/s1. The van der Waals surface area contributed by atoms with Crippen LogP contribution in [0.3, 0.4) is 0 Å². The summed E-state index contributed by atoms with van der Waals surface area (Å²) >= 11 is 8.18. The lowest BCUT2D eigenvalue weighted by atomic mass is 9.98. The van der Waals surface area contributed by atoms with Crippen molar-refractivity contribution < 1.29 is 86.6 Å². The van der Waals surface area contributed by atoms with Gasteiger partial charge in [0.25, 0.3) is 0 Å². The quantitative estimate of drug-likeness (QED) is 0.0300. The molecule has 16 amide bonds. The van der Waals surface area contributed by atoms with Gasteiger partial charge in [0.05, 0.1) is 6.04 Å². The summed E-state index contributed by atoms with van der Waals surface area (Å²) in [5, 5.41) is 54.1. The fourth-order valence-electron chi connectivity index (χ4n) is 15.5. The molecule has 0 aliphatic carbocycles. The van der Waals surface area contributed by atoms with Crippen molar-refractivity contribution in [2.75, 3.05) is 50.8 Å². The highest BCUT2D eigenvalue weighted by molar-refractivity contribution is 7.80. The van der Waals surface area contributed by atoms with Crippen molar-refractivity contribution in [3.05, 3.63) is 0 Å². The van der Waals surface area contributed by atoms with Gasteiger partial charge in [-0.15, -0.1) is 0 Å². The number of carboxylic acids is 1. The fourth-order valence-corrected chi connectivity index (χ4v) is 15.9. The fraction of sp³-hybridized carbons (Fsp3) is 0.823. The molecule has 0 aromatic rings. The number of nitrogens with one attached hydrogen (secondary N) is 16. The molecule has 0 aromatic carbocycles. The number of thiol groups is 2. The molecule has 0 saturated heterocycles. The van der Waals surface area contributed by atoms with Crippen LogP contribution in [0, 0.1) is 53.3 Å². The van der Waals surface area contributed by atoms with E-state index in [9.17, 15) is 86.6 Å². The molecule has 802 valence electrons. The number of carbonyl (C=O) groups excluding carboxylic acids is 16. The van der Waals surface area contributed by atoms with Crippen molar-refractivity contribution >= 4 is 126 Å². The van der Waals surface area contributed by atoms with Crippen LogP contribution in [0.4, 0.5) is 0 Å². The number of hydrogen-bond donors (Lipinski definition) is 26. The third kappa shape index (κ3) is 56.2. The van der Waals surface area contributed by atoms with E-state index < -0.39 is 203 Å². The number of aliphatic carboxylic acids is 1.